The van der Waals surface area contributed by atoms with Crippen molar-refractivity contribution in [2.45, 2.75) is 33.7 Å². The van der Waals surface area contributed by atoms with Crippen molar-refractivity contribution < 1.29 is 9.59 Å². The second-order valence-electron chi connectivity index (χ2n) is 5.37. The number of benzene rings is 1. The van der Waals surface area contributed by atoms with E-state index in [9.17, 15) is 9.59 Å². The average molecular weight is 260 g/mol. The van der Waals surface area contributed by atoms with E-state index in [0.717, 1.165) is 16.8 Å². The SMILES string of the molecule is Cc1cc(C)c2c(c1)C(=O)C(=O)N2CCNC(C)C. The first-order valence-electron chi connectivity index (χ1n) is 6.62. The smallest absolute Gasteiger partial charge is 0.299 e. The highest BCUT2D eigenvalue weighted by Gasteiger charge is 2.36. The molecule has 0 saturated carbocycles. The van der Waals surface area contributed by atoms with Gasteiger partial charge in [-0.15, -0.1) is 0 Å². The molecule has 0 unspecified atom stereocenters. The summed E-state index contributed by atoms with van der Waals surface area (Å²) in [6, 6.07) is 4.18. The summed E-state index contributed by atoms with van der Waals surface area (Å²) < 4.78 is 0. The Labute approximate surface area is 113 Å². The molecule has 1 aliphatic heterocycles. The van der Waals surface area contributed by atoms with Crippen LogP contribution in [0.4, 0.5) is 5.69 Å². The lowest BCUT2D eigenvalue weighted by atomic mass is 10.0. The number of hydrogen-bond donors (Lipinski definition) is 1. The first-order chi connectivity index (χ1) is 8.91. The Hall–Kier alpha value is -1.68. The van der Waals surface area contributed by atoms with Crippen molar-refractivity contribution >= 4 is 17.4 Å². The van der Waals surface area contributed by atoms with Gasteiger partial charge in [0.15, 0.2) is 0 Å². The van der Waals surface area contributed by atoms with Crippen LogP contribution in [0.1, 0.15) is 35.3 Å². The van der Waals surface area contributed by atoms with E-state index in [1.54, 1.807) is 11.0 Å². The van der Waals surface area contributed by atoms with Crippen molar-refractivity contribution in [2.75, 3.05) is 18.0 Å². The number of ketones is 1. The molecule has 1 aromatic rings. The first kappa shape index (κ1) is 13.7. The predicted octanol–water partition coefficient (Wildman–Crippen LogP) is 1.83. The lowest BCUT2D eigenvalue weighted by Gasteiger charge is -2.19. The van der Waals surface area contributed by atoms with Gasteiger partial charge in [0.1, 0.15) is 0 Å². The number of rotatable bonds is 4. The summed E-state index contributed by atoms with van der Waals surface area (Å²) in [5.74, 6) is -0.791. The van der Waals surface area contributed by atoms with Crippen LogP contribution in [0.5, 0.6) is 0 Å². The molecule has 0 saturated heterocycles. The number of carbonyl (C=O) groups is 2. The summed E-state index contributed by atoms with van der Waals surface area (Å²) in [6.45, 7) is 9.21. The van der Waals surface area contributed by atoms with E-state index in [4.69, 9.17) is 0 Å². The summed E-state index contributed by atoms with van der Waals surface area (Å²) in [5.41, 5.74) is 3.33. The minimum absolute atomic E-state index is 0.368. The van der Waals surface area contributed by atoms with Crippen LogP contribution < -0.4 is 10.2 Å². The summed E-state index contributed by atoms with van der Waals surface area (Å²) in [4.78, 5) is 25.6. The zero-order valence-corrected chi connectivity index (χ0v) is 11.9. The maximum Gasteiger partial charge on any atom is 0.299 e. The van der Waals surface area contributed by atoms with Gasteiger partial charge in [-0.05, 0) is 31.0 Å². The van der Waals surface area contributed by atoms with E-state index in [2.05, 4.69) is 19.2 Å². The van der Waals surface area contributed by atoms with Crippen LogP contribution >= 0.6 is 0 Å². The molecule has 0 aromatic heterocycles. The fourth-order valence-electron chi connectivity index (χ4n) is 2.51. The average Bonchev–Trinajstić information content (AvgIpc) is 2.54. The number of carbonyl (C=O) groups excluding carboxylic acids is 2. The molecule has 0 aliphatic carbocycles. The molecule has 0 radical (unpaired) electrons. The summed E-state index contributed by atoms with van der Waals surface area (Å²) >= 11 is 0. The third kappa shape index (κ3) is 2.54. The Kier molecular flexibility index (Phi) is 3.71. The van der Waals surface area contributed by atoms with E-state index in [-0.39, 0.29) is 5.78 Å². The molecule has 102 valence electrons. The van der Waals surface area contributed by atoms with Crippen LogP contribution in [0.25, 0.3) is 0 Å². The second kappa shape index (κ2) is 5.13. The second-order valence-corrected chi connectivity index (χ2v) is 5.37. The number of nitrogens with zero attached hydrogens (tertiary/aromatic N) is 1. The van der Waals surface area contributed by atoms with Crippen LogP contribution in [0, 0.1) is 13.8 Å². The molecule has 4 heteroatoms. The molecule has 1 heterocycles. The molecule has 19 heavy (non-hydrogen) atoms. The molecule has 0 bridgehead atoms. The van der Waals surface area contributed by atoms with Crippen LogP contribution in [0.2, 0.25) is 0 Å². The lowest BCUT2D eigenvalue weighted by molar-refractivity contribution is -0.114. The van der Waals surface area contributed by atoms with E-state index in [0.29, 0.717) is 24.7 Å². The normalized spacial score (nSPS) is 14.5. The Bertz CT molecular complexity index is 535. The topological polar surface area (TPSA) is 49.4 Å². The van der Waals surface area contributed by atoms with E-state index >= 15 is 0 Å². The summed E-state index contributed by atoms with van der Waals surface area (Å²) in [7, 11) is 0. The lowest BCUT2D eigenvalue weighted by Crippen LogP contribution is -2.38. The predicted molar refractivity (Wildman–Crippen MR) is 75.7 cm³/mol. The maximum atomic E-state index is 12.1. The zero-order valence-electron chi connectivity index (χ0n) is 11.9. The van der Waals surface area contributed by atoms with Crippen molar-refractivity contribution in [3.8, 4) is 0 Å². The number of anilines is 1. The fourth-order valence-corrected chi connectivity index (χ4v) is 2.51. The highest BCUT2D eigenvalue weighted by atomic mass is 16.2. The molecule has 1 aromatic carbocycles. The monoisotopic (exact) mass is 260 g/mol. The highest BCUT2D eigenvalue weighted by molar-refractivity contribution is 6.52. The largest absolute Gasteiger partial charge is 0.313 e. The van der Waals surface area contributed by atoms with Crippen LogP contribution in [-0.2, 0) is 4.79 Å². The maximum absolute atomic E-state index is 12.1. The van der Waals surface area contributed by atoms with Crippen LogP contribution in [-0.4, -0.2) is 30.8 Å². The van der Waals surface area contributed by atoms with Crippen LogP contribution in [0.15, 0.2) is 12.1 Å². The van der Waals surface area contributed by atoms with Gasteiger partial charge < -0.3 is 10.2 Å². The number of hydrogen-bond acceptors (Lipinski definition) is 3. The third-order valence-electron chi connectivity index (χ3n) is 3.29. The molecule has 0 spiro atoms. The Balaban J connectivity index is 2.28. The fraction of sp³-hybridized carbons (Fsp3) is 0.467. The van der Waals surface area contributed by atoms with E-state index in [1.165, 1.54) is 0 Å². The summed E-state index contributed by atoms with van der Waals surface area (Å²) in [6.07, 6.45) is 0. The van der Waals surface area contributed by atoms with Crippen molar-refractivity contribution in [3.63, 3.8) is 0 Å². The quantitative estimate of drug-likeness (QED) is 0.840. The molecule has 4 nitrogen and oxygen atoms in total. The van der Waals surface area contributed by atoms with Crippen molar-refractivity contribution in [1.82, 2.24) is 5.32 Å². The van der Waals surface area contributed by atoms with Crippen molar-refractivity contribution in [2.24, 2.45) is 0 Å². The molecular weight excluding hydrogens is 240 g/mol. The van der Waals surface area contributed by atoms with Crippen molar-refractivity contribution in [1.29, 1.82) is 0 Å². The molecule has 0 atom stereocenters. The minimum Gasteiger partial charge on any atom is -0.313 e. The summed E-state index contributed by atoms with van der Waals surface area (Å²) in [5, 5.41) is 3.26. The van der Waals surface area contributed by atoms with Gasteiger partial charge in [0, 0.05) is 19.1 Å². The van der Waals surface area contributed by atoms with Crippen molar-refractivity contribution in [3.05, 3.63) is 28.8 Å². The molecular formula is C15H20N2O2. The third-order valence-corrected chi connectivity index (χ3v) is 3.29. The number of aryl methyl sites for hydroxylation is 2. The molecule has 1 N–H and O–H groups in total. The van der Waals surface area contributed by atoms with Gasteiger partial charge in [-0.3, -0.25) is 9.59 Å². The van der Waals surface area contributed by atoms with Gasteiger partial charge >= 0.3 is 0 Å². The standard InChI is InChI=1S/C15H20N2O2/c1-9(2)16-5-6-17-13-11(4)7-10(3)8-12(13)14(18)15(17)19/h7-9,16H,5-6H2,1-4H3. The van der Waals surface area contributed by atoms with E-state index in [1.807, 2.05) is 19.9 Å². The molecule has 0 fully saturated rings. The first-order valence-corrected chi connectivity index (χ1v) is 6.62. The Morgan fingerprint density at radius 1 is 1.21 bits per heavy atom. The number of amides is 1. The van der Waals surface area contributed by atoms with Gasteiger partial charge in [-0.1, -0.05) is 19.9 Å². The van der Waals surface area contributed by atoms with Gasteiger partial charge in [-0.25, -0.2) is 0 Å². The molecule has 1 aliphatic rings. The number of fused-ring (bicyclic) bond motifs is 1. The van der Waals surface area contributed by atoms with E-state index < -0.39 is 5.91 Å². The van der Waals surface area contributed by atoms with Gasteiger partial charge in [0.05, 0.1) is 11.3 Å². The Morgan fingerprint density at radius 2 is 1.89 bits per heavy atom. The van der Waals surface area contributed by atoms with Gasteiger partial charge in [0.25, 0.3) is 11.7 Å². The zero-order chi connectivity index (χ0) is 14.2. The Morgan fingerprint density at radius 3 is 2.53 bits per heavy atom. The number of Topliss-reactive ketones (excluding diaryl/α,β-unsaturated/α-hetero) is 1. The van der Waals surface area contributed by atoms with Crippen LogP contribution in [0.3, 0.4) is 0 Å². The highest BCUT2D eigenvalue weighted by Crippen LogP contribution is 2.33. The number of nitrogens with one attached hydrogen (secondary N) is 1. The minimum atomic E-state index is -0.408. The van der Waals surface area contributed by atoms with Gasteiger partial charge in [-0.2, -0.15) is 0 Å². The molecule has 1 amide bonds. The molecule has 2 rings (SSSR count). The van der Waals surface area contributed by atoms with Gasteiger partial charge in [0.2, 0.25) is 0 Å².